The molecule has 0 aliphatic rings. The smallest absolute Gasteiger partial charge is 0.410 e. The fourth-order valence-electron chi connectivity index (χ4n) is 2.18. The summed E-state index contributed by atoms with van der Waals surface area (Å²) in [5.41, 5.74) is 3.96. The molecular formula is C16H14N6O4. The summed E-state index contributed by atoms with van der Waals surface area (Å²) < 4.78 is 5.60. The normalized spacial score (nSPS) is 10.3. The average molecular weight is 354 g/mol. The second-order valence-corrected chi connectivity index (χ2v) is 5.21. The van der Waals surface area contributed by atoms with Crippen molar-refractivity contribution in [2.24, 2.45) is 5.84 Å². The van der Waals surface area contributed by atoms with Gasteiger partial charge in [0.2, 0.25) is 11.8 Å². The Labute approximate surface area is 147 Å². The molecule has 0 aliphatic heterocycles. The summed E-state index contributed by atoms with van der Waals surface area (Å²) in [6.07, 6.45) is 0.632. The summed E-state index contributed by atoms with van der Waals surface area (Å²) in [5.74, 6) is 5.58. The fraction of sp³-hybridized carbons (Fsp3) is 0.0625. The van der Waals surface area contributed by atoms with E-state index in [1.165, 1.54) is 12.3 Å². The molecule has 26 heavy (non-hydrogen) atoms. The number of rotatable bonds is 5. The van der Waals surface area contributed by atoms with Gasteiger partial charge in [-0.15, -0.1) is 10.2 Å². The van der Waals surface area contributed by atoms with Gasteiger partial charge in [0.15, 0.2) is 0 Å². The predicted molar refractivity (Wildman–Crippen MR) is 90.1 cm³/mol. The number of anilines is 1. The van der Waals surface area contributed by atoms with Gasteiger partial charge in [0.25, 0.3) is 5.91 Å². The minimum atomic E-state index is -1.19. The van der Waals surface area contributed by atoms with Crippen LogP contribution in [0.5, 0.6) is 0 Å². The zero-order valence-electron chi connectivity index (χ0n) is 13.3. The number of carbonyl (C=O) groups is 2. The maximum Gasteiger partial charge on any atom is 0.410 e. The number of nitrogen functional groups attached to an aromatic ring is 1. The highest BCUT2D eigenvalue weighted by Crippen LogP contribution is 2.19. The van der Waals surface area contributed by atoms with E-state index in [0.717, 1.165) is 5.56 Å². The van der Waals surface area contributed by atoms with Crippen LogP contribution in [-0.4, -0.2) is 32.3 Å². The molecule has 2 aromatic heterocycles. The molecule has 0 spiro atoms. The SMILES string of the molecule is NNC(=O)c1ccc(Cc2nnc(-c3ccc(NC(=O)O)nc3)o2)cc1. The summed E-state index contributed by atoms with van der Waals surface area (Å²) in [7, 11) is 0. The Morgan fingerprint density at radius 2 is 1.88 bits per heavy atom. The molecule has 132 valence electrons. The second-order valence-electron chi connectivity index (χ2n) is 5.21. The van der Waals surface area contributed by atoms with Crippen LogP contribution in [0.1, 0.15) is 21.8 Å². The predicted octanol–water partition coefficient (Wildman–Crippen LogP) is 1.42. The van der Waals surface area contributed by atoms with Crippen LogP contribution in [0, 0.1) is 0 Å². The molecule has 0 saturated carbocycles. The van der Waals surface area contributed by atoms with E-state index in [1.807, 2.05) is 0 Å². The number of nitrogens with zero attached hydrogens (tertiary/aromatic N) is 3. The maximum atomic E-state index is 11.4. The summed E-state index contributed by atoms with van der Waals surface area (Å²) in [6, 6.07) is 9.94. The van der Waals surface area contributed by atoms with Gasteiger partial charge in [-0.3, -0.25) is 15.5 Å². The molecule has 10 nitrogen and oxygen atoms in total. The molecule has 10 heteroatoms. The van der Waals surface area contributed by atoms with Crippen molar-refractivity contribution in [1.29, 1.82) is 0 Å². The van der Waals surface area contributed by atoms with E-state index in [4.69, 9.17) is 15.4 Å². The van der Waals surface area contributed by atoms with Gasteiger partial charge in [-0.05, 0) is 29.8 Å². The van der Waals surface area contributed by atoms with Crippen LogP contribution >= 0.6 is 0 Å². The van der Waals surface area contributed by atoms with Crippen molar-refractivity contribution in [3.8, 4) is 11.5 Å². The number of hydrogen-bond acceptors (Lipinski definition) is 7. The Morgan fingerprint density at radius 1 is 1.12 bits per heavy atom. The quantitative estimate of drug-likeness (QED) is 0.304. The third-order valence-electron chi connectivity index (χ3n) is 3.41. The summed E-state index contributed by atoms with van der Waals surface area (Å²) in [4.78, 5) is 25.9. The van der Waals surface area contributed by atoms with Crippen molar-refractivity contribution < 1.29 is 19.1 Å². The first-order valence-corrected chi connectivity index (χ1v) is 7.44. The van der Waals surface area contributed by atoms with Gasteiger partial charge in [0.05, 0.1) is 12.0 Å². The number of pyridine rings is 1. The molecule has 5 N–H and O–H groups in total. The molecule has 0 unspecified atom stereocenters. The molecule has 2 heterocycles. The van der Waals surface area contributed by atoms with Crippen LogP contribution in [0.4, 0.5) is 10.6 Å². The Kier molecular flexibility index (Phi) is 4.85. The van der Waals surface area contributed by atoms with Gasteiger partial charge in [0.1, 0.15) is 5.82 Å². The number of carbonyl (C=O) groups excluding carboxylic acids is 1. The molecule has 3 aromatic rings. The van der Waals surface area contributed by atoms with Crippen LogP contribution in [-0.2, 0) is 6.42 Å². The van der Waals surface area contributed by atoms with Crippen LogP contribution in [0.3, 0.4) is 0 Å². The van der Waals surface area contributed by atoms with Gasteiger partial charge >= 0.3 is 6.09 Å². The van der Waals surface area contributed by atoms with Crippen LogP contribution in [0.15, 0.2) is 47.0 Å². The average Bonchev–Trinajstić information content (AvgIpc) is 3.10. The van der Waals surface area contributed by atoms with Gasteiger partial charge in [-0.1, -0.05) is 12.1 Å². The maximum absolute atomic E-state index is 11.4. The first-order valence-electron chi connectivity index (χ1n) is 7.44. The Hall–Kier alpha value is -3.79. The molecule has 0 bridgehead atoms. The molecule has 0 atom stereocenters. The number of aromatic nitrogens is 3. The van der Waals surface area contributed by atoms with Crippen LogP contribution in [0.2, 0.25) is 0 Å². The van der Waals surface area contributed by atoms with E-state index in [0.29, 0.717) is 23.4 Å². The van der Waals surface area contributed by atoms with Crippen molar-refractivity contribution in [3.63, 3.8) is 0 Å². The van der Waals surface area contributed by atoms with Gasteiger partial charge in [0, 0.05) is 11.8 Å². The third kappa shape index (κ3) is 3.99. The molecule has 1 aromatic carbocycles. The van der Waals surface area contributed by atoms with Gasteiger partial charge < -0.3 is 9.52 Å². The van der Waals surface area contributed by atoms with E-state index < -0.39 is 6.09 Å². The minimum absolute atomic E-state index is 0.197. The minimum Gasteiger partial charge on any atom is -0.465 e. The number of nitrogens with two attached hydrogens (primary N) is 1. The lowest BCUT2D eigenvalue weighted by Crippen LogP contribution is -2.29. The third-order valence-corrected chi connectivity index (χ3v) is 3.41. The Balaban J connectivity index is 1.69. The largest absolute Gasteiger partial charge is 0.465 e. The second kappa shape index (κ2) is 7.40. The van der Waals surface area contributed by atoms with Crippen molar-refractivity contribution in [3.05, 3.63) is 59.6 Å². The summed E-state index contributed by atoms with van der Waals surface area (Å²) in [6.45, 7) is 0. The molecule has 2 amide bonds. The highest BCUT2D eigenvalue weighted by atomic mass is 16.4. The number of hydrazine groups is 1. The number of benzene rings is 1. The van der Waals surface area contributed by atoms with E-state index >= 15 is 0 Å². The Morgan fingerprint density at radius 3 is 2.50 bits per heavy atom. The summed E-state index contributed by atoms with van der Waals surface area (Å²) >= 11 is 0. The van der Waals surface area contributed by atoms with E-state index in [9.17, 15) is 9.59 Å². The molecule has 0 aliphatic carbocycles. The molecule has 0 fully saturated rings. The van der Waals surface area contributed by atoms with Crippen molar-refractivity contribution in [2.45, 2.75) is 6.42 Å². The molecular weight excluding hydrogens is 340 g/mol. The highest BCUT2D eigenvalue weighted by Gasteiger charge is 2.11. The van der Waals surface area contributed by atoms with Crippen molar-refractivity contribution >= 4 is 17.8 Å². The van der Waals surface area contributed by atoms with Gasteiger partial charge in [-0.2, -0.15) is 0 Å². The molecule has 0 radical (unpaired) electrons. The lowest BCUT2D eigenvalue weighted by molar-refractivity contribution is 0.0953. The fourth-order valence-corrected chi connectivity index (χ4v) is 2.18. The van der Waals surface area contributed by atoms with Crippen LogP contribution < -0.4 is 16.6 Å². The zero-order chi connectivity index (χ0) is 18.5. The first-order chi connectivity index (χ1) is 12.5. The lowest BCUT2D eigenvalue weighted by Gasteiger charge is -2.01. The molecule has 0 saturated heterocycles. The van der Waals surface area contributed by atoms with Gasteiger partial charge in [-0.25, -0.2) is 15.6 Å². The number of amides is 2. The van der Waals surface area contributed by atoms with Crippen molar-refractivity contribution in [2.75, 3.05) is 5.32 Å². The highest BCUT2D eigenvalue weighted by molar-refractivity contribution is 5.93. The zero-order valence-corrected chi connectivity index (χ0v) is 13.3. The van der Waals surface area contributed by atoms with E-state index in [-0.39, 0.29) is 17.6 Å². The van der Waals surface area contributed by atoms with E-state index in [2.05, 4.69) is 25.9 Å². The topological polar surface area (TPSA) is 156 Å². The lowest BCUT2D eigenvalue weighted by atomic mass is 10.1. The molecule has 3 rings (SSSR count). The van der Waals surface area contributed by atoms with Crippen molar-refractivity contribution in [1.82, 2.24) is 20.6 Å². The standard InChI is InChI=1S/C16H14N6O4/c17-20-14(23)10-3-1-9(2-4-10)7-13-21-22-15(26-13)11-5-6-12(18-8-11)19-16(24)25/h1-6,8H,7,17H2,(H,18,19)(H,20,23)(H,24,25). The number of carboxylic acid groups (broad SMARTS) is 1. The number of nitrogens with one attached hydrogen (secondary N) is 2. The monoisotopic (exact) mass is 354 g/mol. The first kappa shape index (κ1) is 17.0. The Bertz CT molecular complexity index is 921. The number of hydrogen-bond donors (Lipinski definition) is 4. The van der Waals surface area contributed by atoms with E-state index in [1.54, 1.807) is 30.3 Å². The van der Waals surface area contributed by atoms with Crippen LogP contribution in [0.25, 0.3) is 11.5 Å². The summed E-state index contributed by atoms with van der Waals surface area (Å²) in [5, 5.41) is 18.7.